The molecule has 0 aliphatic heterocycles. The van der Waals surface area contributed by atoms with E-state index in [2.05, 4.69) is 0 Å². The molecule has 0 aliphatic carbocycles. The van der Waals surface area contributed by atoms with Crippen LogP contribution in [0.4, 0.5) is 0 Å². The molecular weight excluding hydrogens is 208 g/mol. The van der Waals surface area contributed by atoms with Gasteiger partial charge in [0, 0.05) is 20.1 Å². The van der Waals surface area contributed by atoms with Gasteiger partial charge in [-0.1, -0.05) is 6.07 Å². The van der Waals surface area contributed by atoms with E-state index in [1.165, 1.54) is 22.7 Å². The van der Waals surface area contributed by atoms with Crippen LogP contribution in [-0.2, 0) is 10.0 Å². The van der Waals surface area contributed by atoms with E-state index in [-0.39, 0.29) is 0 Å². The lowest BCUT2D eigenvalue weighted by Crippen LogP contribution is -2.31. The third kappa shape index (κ3) is 2.28. The Hall–Kier alpha value is -0.430. The first-order chi connectivity index (χ1) is 6.09. The second-order valence-electron chi connectivity index (χ2n) is 2.55. The number of nitrogens with two attached hydrogens (primary N) is 1. The third-order valence-electron chi connectivity index (χ3n) is 1.60. The van der Waals surface area contributed by atoms with Crippen LogP contribution in [0, 0.1) is 0 Å². The van der Waals surface area contributed by atoms with Crippen molar-refractivity contribution in [3.8, 4) is 0 Å². The van der Waals surface area contributed by atoms with Gasteiger partial charge in [0.2, 0.25) is 0 Å². The molecule has 0 aromatic carbocycles. The number of thiophene rings is 1. The maximum absolute atomic E-state index is 11.7. The first-order valence-electron chi connectivity index (χ1n) is 3.79. The minimum Gasteiger partial charge on any atom is -0.329 e. The van der Waals surface area contributed by atoms with Gasteiger partial charge < -0.3 is 5.73 Å². The molecule has 0 radical (unpaired) electrons. The second kappa shape index (κ2) is 4.19. The molecule has 13 heavy (non-hydrogen) atoms. The van der Waals surface area contributed by atoms with Gasteiger partial charge in [-0.05, 0) is 11.4 Å². The standard InChI is InChI=1S/C7H12N2O2S2/c1-9(5-4-8)13(10,11)7-3-2-6-12-7/h2-3,6H,4-5,8H2,1H3. The molecule has 6 heteroatoms. The highest BCUT2D eigenvalue weighted by molar-refractivity contribution is 7.91. The Morgan fingerprint density at radius 3 is 2.77 bits per heavy atom. The van der Waals surface area contributed by atoms with Crippen molar-refractivity contribution < 1.29 is 8.42 Å². The quantitative estimate of drug-likeness (QED) is 0.795. The molecule has 2 N–H and O–H groups in total. The average Bonchev–Trinajstić information content (AvgIpc) is 2.56. The van der Waals surface area contributed by atoms with Gasteiger partial charge in [0.1, 0.15) is 4.21 Å². The van der Waals surface area contributed by atoms with Crippen molar-refractivity contribution in [2.75, 3.05) is 20.1 Å². The Bertz CT molecular complexity index is 345. The number of sulfonamides is 1. The molecular formula is C7H12N2O2S2. The summed E-state index contributed by atoms with van der Waals surface area (Å²) in [6, 6.07) is 3.31. The molecule has 1 rings (SSSR count). The van der Waals surface area contributed by atoms with Gasteiger partial charge in [0.25, 0.3) is 10.0 Å². The molecule has 1 aromatic rings. The summed E-state index contributed by atoms with van der Waals surface area (Å²) in [5, 5.41) is 1.74. The summed E-state index contributed by atoms with van der Waals surface area (Å²) in [6.45, 7) is 0.682. The minimum absolute atomic E-state index is 0.334. The summed E-state index contributed by atoms with van der Waals surface area (Å²) in [5.74, 6) is 0. The van der Waals surface area contributed by atoms with E-state index in [9.17, 15) is 8.42 Å². The summed E-state index contributed by atoms with van der Waals surface area (Å²) in [4.78, 5) is 0. The van der Waals surface area contributed by atoms with Crippen molar-refractivity contribution in [1.82, 2.24) is 4.31 Å². The molecule has 0 atom stereocenters. The van der Waals surface area contributed by atoms with Crippen LogP contribution in [0.5, 0.6) is 0 Å². The van der Waals surface area contributed by atoms with Crippen molar-refractivity contribution >= 4 is 21.4 Å². The Labute approximate surface area is 82.0 Å². The van der Waals surface area contributed by atoms with E-state index in [1.54, 1.807) is 17.5 Å². The fourth-order valence-corrected chi connectivity index (χ4v) is 3.25. The lowest BCUT2D eigenvalue weighted by atomic mass is 10.7. The van der Waals surface area contributed by atoms with E-state index in [1.807, 2.05) is 0 Å². The van der Waals surface area contributed by atoms with E-state index in [0.717, 1.165) is 0 Å². The molecule has 1 heterocycles. The highest BCUT2D eigenvalue weighted by atomic mass is 32.2. The second-order valence-corrected chi connectivity index (χ2v) is 5.77. The third-order valence-corrected chi connectivity index (χ3v) is 4.83. The van der Waals surface area contributed by atoms with Gasteiger partial charge in [-0.2, -0.15) is 4.31 Å². The minimum atomic E-state index is -3.29. The molecule has 74 valence electrons. The van der Waals surface area contributed by atoms with Gasteiger partial charge in [0.05, 0.1) is 0 Å². The first kappa shape index (κ1) is 10.6. The summed E-state index contributed by atoms with van der Waals surface area (Å²) in [5.41, 5.74) is 5.28. The van der Waals surface area contributed by atoms with Crippen molar-refractivity contribution in [1.29, 1.82) is 0 Å². The Morgan fingerprint density at radius 1 is 1.62 bits per heavy atom. The first-order valence-corrected chi connectivity index (χ1v) is 6.11. The smallest absolute Gasteiger partial charge is 0.252 e. The fourth-order valence-electron chi connectivity index (χ4n) is 0.866. The Balaban J connectivity index is 2.90. The van der Waals surface area contributed by atoms with Crippen LogP contribution in [-0.4, -0.2) is 32.9 Å². The molecule has 0 spiro atoms. The molecule has 0 unspecified atom stereocenters. The van der Waals surface area contributed by atoms with E-state index >= 15 is 0 Å². The maximum atomic E-state index is 11.7. The number of rotatable bonds is 4. The zero-order valence-electron chi connectivity index (χ0n) is 7.30. The van der Waals surface area contributed by atoms with Crippen LogP contribution in [0.1, 0.15) is 0 Å². The van der Waals surface area contributed by atoms with Crippen LogP contribution in [0.2, 0.25) is 0 Å². The zero-order chi connectivity index (χ0) is 9.90. The SMILES string of the molecule is CN(CCN)S(=O)(=O)c1cccs1. The molecule has 0 saturated heterocycles. The predicted molar refractivity (Wildman–Crippen MR) is 53.2 cm³/mol. The van der Waals surface area contributed by atoms with E-state index in [4.69, 9.17) is 5.73 Å². The zero-order valence-corrected chi connectivity index (χ0v) is 8.94. The van der Waals surface area contributed by atoms with Gasteiger partial charge in [-0.15, -0.1) is 11.3 Å². The Kier molecular flexibility index (Phi) is 3.43. The summed E-state index contributed by atoms with van der Waals surface area (Å²) < 4.78 is 25.0. The van der Waals surface area contributed by atoms with Gasteiger partial charge in [-0.25, -0.2) is 8.42 Å². The average molecular weight is 220 g/mol. The van der Waals surface area contributed by atoms with Gasteiger partial charge in [-0.3, -0.25) is 0 Å². The highest BCUT2D eigenvalue weighted by Crippen LogP contribution is 2.19. The van der Waals surface area contributed by atoms with Crippen LogP contribution >= 0.6 is 11.3 Å². The van der Waals surface area contributed by atoms with Crippen molar-refractivity contribution in [3.63, 3.8) is 0 Å². The molecule has 0 fully saturated rings. The van der Waals surface area contributed by atoms with Crippen molar-refractivity contribution in [2.24, 2.45) is 5.73 Å². The maximum Gasteiger partial charge on any atom is 0.252 e. The van der Waals surface area contributed by atoms with Crippen molar-refractivity contribution in [3.05, 3.63) is 17.5 Å². The molecule has 0 amide bonds. The predicted octanol–water partition coefficient (Wildman–Crippen LogP) is 0.327. The molecule has 0 bridgehead atoms. The molecule has 0 aliphatic rings. The lowest BCUT2D eigenvalue weighted by Gasteiger charge is -2.14. The number of hydrogen-bond acceptors (Lipinski definition) is 4. The lowest BCUT2D eigenvalue weighted by molar-refractivity contribution is 0.478. The van der Waals surface area contributed by atoms with Gasteiger partial charge >= 0.3 is 0 Å². The fraction of sp³-hybridized carbons (Fsp3) is 0.429. The molecule has 1 aromatic heterocycles. The van der Waals surface area contributed by atoms with E-state index in [0.29, 0.717) is 17.3 Å². The Morgan fingerprint density at radius 2 is 2.31 bits per heavy atom. The summed E-state index contributed by atoms with van der Waals surface area (Å²) >= 11 is 1.21. The summed E-state index contributed by atoms with van der Waals surface area (Å²) in [7, 11) is -1.76. The van der Waals surface area contributed by atoms with E-state index < -0.39 is 10.0 Å². The topological polar surface area (TPSA) is 63.4 Å². The van der Waals surface area contributed by atoms with Crippen LogP contribution in [0.25, 0.3) is 0 Å². The van der Waals surface area contributed by atoms with Crippen LogP contribution in [0.15, 0.2) is 21.7 Å². The van der Waals surface area contributed by atoms with Gasteiger partial charge in [0.15, 0.2) is 0 Å². The molecule has 0 saturated carbocycles. The molecule has 4 nitrogen and oxygen atoms in total. The number of likely N-dealkylation sites (N-methyl/N-ethyl adjacent to an activating group) is 1. The van der Waals surface area contributed by atoms with Crippen LogP contribution < -0.4 is 5.73 Å². The highest BCUT2D eigenvalue weighted by Gasteiger charge is 2.20. The number of hydrogen-bond donors (Lipinski definition) is 1. The summed E-state index contributed by atoms with van der Waals surface area (Å²) in [6.07, 6.45) is 0. The monoisotopic (exact) mass is 220 g/mol. The normalized spacial score (nSPS) is 12.2. The van der Waals surface area contributed by atoms with Crippen molar-refractivity contribution in [2.45, 2.75) is 4.21 Å². The van der Waals surface area contributed by atoms with Crippen LogP contribution in [0.3, 0.4) is 0 Å². The number of nitrogens with zero attached hydrogens (tertiary/aromatic N) is 1. The largest absolute Gasteiger partial charge is 0.329 e.